The van der Waals surface area contributed by atoms with E-state index in [1.807, 2.05) is 6.07 Å². The number of phenolic OH excluding ortho intramolecular Hbond substituents is 1. The molecule has 0 unspecified atom stereocenters. The summed E-state index contributed by atoms with van der Waals surface area (Å²) in [6.07, 6.45) is 4.53. The first kappa shape index (κ1) is 13.3. The number of nitrogens with zero attached hydrogens (tertiary/aromatic N) is 2. The topological polar surface area (TPSA) is 86.0 Å². The Kier molecular flexibility index (Phi) is 4.10. The van der Waals surface area contributed by atoms with Crippen LogP contribution >= 0.6 is 0 Å². The van der Waals surface area contributed by atoms with Gasteiger partial charge in [0.05, 0.1) is 11.9 Å². The molecule has 0 aliphatic carbocycles. The van der Waals surface area contributed by atoms with Crippen molar-refractivity contribution in [2.75, 3.05) is 5.32 Å². The van der Waals surface area contributed by atoms with Crippen molar-refractivity contribution < 1.29 is 9.90 Å². The van der Waals surface area contributed by atoms with Gasteiger partial charge >= 0.3 is 0 Å². The average molecular weight is 265 g/mol. The smallest absolute Gasteiger partial charge is 0.266 e. The maximum Gasteiger partial charge on any atom is 0.266 e. The third kappa shape index (κ3) is 3.43. The van der Waals surface area contributed by atoms with E-state index in [4.69, 9.17) is 5.26 Å². The van der Waals surface area contributed by atoms with Gasteiger partial charge in [-0.05, 0) is 35.9 Å². The van der Waals surface area contributed by atoms with E-state index in [-0.39, 0.29) is 11.3 Å². The van der Waals surface area contributed by atoms with Gasteiger partial charge in [-0.15, -0.1) is 0 Å². The van der Waals surface area contributed by atoms with Crippen LogP contribution in [-0.2, 0) is 4.79 Å². The highest BCUT2D eigenvalue weighted by Crippen LogP contribution is 2.13. The molecule has 0 atom stereocenters. The minimum absolute atomic E-state index is 0.0282. The molecule has 0 saturated carbocycles. The Balaban J connectivity index is 2.18. The van der Waals surface area contributed by atoms with Crippen LogP contribution in [0.25, 0.3) is 6.08 Å². The molecule has 0 saturated heterocycles. The van der Waals surface area contributed by atoms with Gasteiger partial charge in [0.2, 0.25) is 0 Å². The fraction of sp³-hybridized carbons (Fsp3) is 0. The number of nitrogens with one attached hydrogen (secondary N) is 1. The van der Waals surface area contributed by atoms with Crippen LogP contribution in [-0.4, -0.2) is 16.0 Å². The summed E-state index contributed by atoms with van der Waals surface area (Å²) in [4.78, 5) is 15.8. The van der Waals surface area contributed by atoms with Gasteiger partial charge in [-0.3, -0.25) is 9.78 Å². The molecule has 0 fully saturated rings. The van der Waals surface area contributed by atoms with Crippen molar-refractivity contribution in [3.63, 3.8) is 0 Å². The number of phenols is 1. The summed E-state index contributed by atoms with van der Waals surface area (Å²) in [5.41, 5.74) is 1.14. The van der Waals surface area contributed by atoms with E-state index < -0.39 is 5.91 Å². The first-order valence-electron chi connectivity index (χ1n) is 5.81. The molecule has 0 aliphatic heterocycles. The van der Waals surface area contributed by atoms with Crippen molar-refractivity contribution in [2.45, 2.75) is 0 Å². The molecule has 0 spiro atoms. The third-order valence-corrected chi connectivity index (χ3v) is 2.49. The molecule has 0 radical (unpaired) electrons. The minimum Gasteiger partial charge on any atom is -0.508 e. The van der Waals surface area contributed by atoms with E-state index in [0.29, 0.717) is 11.3 Å². The van der Waals surface area contributed by atoms with Crippen LogP contribution in [0.5, 0.6) is 5.75 Å². The van der Waals surface area contributed by atoms with E-state index >= 15 is 0 Å². The quantitative estimate of drug-likeness (QED) is 0.658. The lowest BCUT2D eigenvalue weighted by Gasteiger charge is -2.03. The first-order chi connectivity index (χ1) is 9.69. The molecule has 1 aromatic carbocycles. The Morgan fingerprint density at radius 3 is 2.65 bits per heavy atom. The average Bonchev–Trinajstić information content (AvgIpc) is 2.47. The van der Waals surface area contributed by atoms with E-state index in [1.165, 1.54) is 24.4 Å². The second-order valence-electron chi connectivity index (χ2n) is 3.96. The number of nitriles is 1. The van der Waals surface area contributed by atoms with Crippen LogP contribution in [0, 0.1) is 11.3 Å². The lowest BCUT2D eigenvalue weighted by Crippen LogP contribution is -2.13. The van der Waals surface area contributed by atoms with Gasteiger partial charge in [0, 0.05) is 6.20 Å². The SMILES string of the molecule is N#C/C(=C\c1ccc(O)cc1)C(=O)Nc1cccnc1. The fourth-order valence-electron chi connectivity index (χ4n) is 1.52. The number of amides is 1. The van der Waals surface area contributed by atoms with E-state index in [9.17, 15) is 9.90 Å². The fourth-order valence-corrected chi connectivity index (χ4v) is 1.52. The predicted octanol–water partition coefficient (Wildman–Crippen LogP) is 2.33. The van der Waals surface area contributed by atoms with Crippen LogP contribution in [0.3, 0.4) is 0 Å². The predicted molar refractivity (Wildman–Crippen MR) is 74.6 cm³/mol. The van der Waals surface area contributed by atoms with Gasteiger partial charge in [-0.2, -0.15) is 5.26 Å². The van der Waals surface area contributed by atoms with E-state index in [1.54, 1.807) is 30.5 Å². The second kappa shape index (κ2) is 6.16. The summed E-state index contributed by atoms with van der Waals surface area (Å²) < 4.78 is 0. The highest BCUT2D eigenvalue weighted by atomic mass is 16.3. The summed E-state index contributed by atoms with van der Waals surface area (Å²) in [7, 11) is 0. The summed E-state index contributed by atoms with van der Waals surface area (Å²) >= 11 is 0. The molecule has 0 bridgehead atoms. The number of aromatic nitrogens is 1. The van der Waals surface area contributed by atoms with Crippen molar-refractivity contribution in [1.29, 1.82) is 5.26 Å². The summed E-state index contributed by atoms with van der Waals surface area (Å²) in [5, 5.41) is 20.8. The Hall–Kier alpha value is -3.13. The molecule has 1 aromatic heterocycles. The lowest BCUT2D eigenvalue weighted by molar-refractivity contribution is -0.112. The maximum atomic E-state index is 11.9. The number of pyridine rings is 1. The Morgan fingerprint density at radius 1 is 1.30 bits per heavy atom. The standard InChI is InChI=1S/C15H11N3O2/c16-9-12(8-11-3-5-14(19)6-4-11)15(20)18-13-2-1-7-17-10-13/h1-8,10,19H,(H,18,20)/b12-8+. The first-order valence-corrected chi connectivity index (χ1v) is 5.81. The molecule has 2 N–H and O–H groups in total. The van der Waals surface area contributed by atoms with Crippen molar-refractivity contribution >= 4 is 17.7 Å². The molecular weight excluding hydrogens is 254 g/mol. The molecule has 2 aromatic rings. The largest absolute Gasteiger partial charge is 0.508 e. The molecule has 5 heteroatoms. The van der Waals surface area contributed by atoms with Gasteiger partial charge in [0.1, 0.15) is 17.4 Å². The van der Waals surface area contributed by atoms with Crippen molar-refractivity contribution in [2.24, 2.45) is 0 Å². The van der Waals surface area contributed by atoms with Gasteiger partial charge in [-0.1, -0.05) is 12.1 Å². The minimum atomic E-state index is -0.506. The number of carbonyl (C=O) groups is 1. The van der Waals surface area contributed by atoms with E-state index in [2.05, 4.69) is 10.3 Å². The molecule has 1 amide bonds. The van der Waals surface area contributed by atoms with Crippen LogP contribution in [0.1, 0.15) is 5.56 Å². The number of hydrogen-bond acceptors (Lipinski definition) is 4. The van der Waals surface area contributed by atoms with Crippen molar-refractivity contribution in [3.8, 4) is 11.8 Å². The molecule has 0 aliphatic rings. The zero-order valence-corrected chi connectivity index (χ0v) is 10.4. The second-order valence-corrected chi connectivity index (χ2v) is 3.96. The molecule has 5 nitrogen and oxygen atoms in total. The Labute approximate surface area is 115 Å². The Bertz CT molecular complexity index is 671. The number of carbonyl (C=O) groups excluding carboxylic acids is 1. The number of anilines is 1. The summed E-state index contributed by atoms with van der Waals surface area (Å²) in [6.45, 7) is 0. The molecule has 20 heavy (non-hydrogen) atoms. The lowest BCUT2D eigenvalue weighted by atomic mass is 10.1. The molecule has 1 heterocycles. The third-order valence-electron chi connectivity index (χ3n) is 2.49. The highest BCUT2D eigenvalue weighted by molar-refractivity contribution is 6.09. The van der Waals surface area contributed by atoms with Crippen LogP contribution in [0.2, 0.25) is 0 Å². The summed E-state index contributed by atoms with van der Waals surface area (Å²) in [6, 6.07) is 11.4. The number of aromatic hydroxyl groups is 1. The number of hydrogen-bond donors (Lipinski definition) is 2. The Morgan fingerprint density at radius 2 is 2.05 bits per heavy atom. The molecule has 98 valence electrons. The van der Waals surface area contributed by atoms with Gasteiger partial charge in [0.25, 0.3) is 5.91 Å². The molecule has 2 rings (SSSR count). The van der Waals surface area contributed by atoms with Crippen LogP contribution in [0.15, 0.2) is 54.4 Å². The zero-order valence-electron chi connectivity index (χ0n) is 10.4. The molecular formula is C15H11N3O2. The highest BCUT2D eigenvalue weighted by Gasteiger charge is 2.09. The zero-order chi connectivity index (χ0) is 14.4. The van der Waals surface area contributed by atoms with E-state index in [0.717, 1.165) is 0 Å². The van der Waals surface area contributed by atoms with Gasteiger partial charge < -0.3 is 10.4 Å². The van der Waals surface area contributed by atoms with Crippen molar-refractivity contribution in [1.82, 2.24) is 4.98 Å². The van der Waals surface area contributed by atoms with Crippen molar-refractivity contribution in [3.05, 3.63) is 59.9 Å². The van der Waals surface area contributed by atoms with Crippen LogP contribution in [0.4, 0.5) is 5.69 Å². The number of rotatable bonds is 3. The van der Waals surface area contributed by atoms with Crippen LogP contribution < -0.4 is 5.32 Å². The normalized spacial score (nSPS) is 10.7. The van der Waals surface area contributed by atoms with Gasteiger partial charge in [-0.25, -0.2) is 0 Å². The number of benzene rings is 1. The maximum absolute atomic E-state index is 11.9. The monoisotopic (exact) mass is 265 g/mol. The summed E-state index contributed by atoms with van der Waals surface area (Å²) in [5.74, 6) is -0.381. The van der Waals surface area contributed by atoms with Gasteiger partial charge in [0.15, 0.2) is 0 Å².